The van der Waals surface area contributed by atoms with Crippen LogP contribution in [0, 0.1) is 5.92 Å². The Hall–Kier alpha value is -5.85. The van der Waals surface area contributed by atoms with Crippen LogP contribution in [0.15, 0.2) is 83.9 Å². The standard InChI is InChI=1S/C45H54N8O8S2/c1-28(54)46-21-11-10-18-34(38(55)47-32-19-20-33-37(24-32)63-41(48-33)40-49-36(27-62-40)42(57)58)50-43(59)45(25-31(45)17-12-22-53(2)3)52-39(56)35(23-29-13-6-4-7-14-29)51-44(60)61-26-30-15-8-5-9-16-30/h4-9,13-16,19-20,24,31,34-36H,10-12,17-18,21-23,25-27H2,1-3H3,(H,46,54)(H,47,55)(H,50,59)(H,51,60)(H,52,56)(H,57,58)/t31?,34-,35-,36+,45?/m0/s1. The quantitative estimate of drug-likeness (QED) is 0.0593. The number of carbonyl (C=O) groups excluding carboxylic acids is 5. The number of nitrogens with zero attached hydrogens (tertiary/aromatic N) is 3. The molecule has 1 saturated carbocycles. The maximum absolute atomic E-state index is 14.6. The summed E-state index contributed by atoms with van der Waals surface area (Å²) in [6, 6.07) is 20.7. The van der Waals surface area contributed by atoms with E-state index in [0.29, 0.717) is 59.2 Å². The number of thioether (sulfide) groups is 1. The van der Waals surface area contributed by atoms with Crippen LogP contribution in [0.3, 0.4) is 0 Å². The first-order valence-corrected chi connectivity index (χ1v) is 22.8. The molecule has 1 aromatic heterocycles. The van der Waals surface area contributed by atoms with E-state index in [4.69, 9.17) is 4.74 Å². The Bertz CT molecular complexity index is 2290. The molecule has 5 atom stereocenters. The Balaban J connectivity index is 1.20. The van der Waals surface area contributed by atoms with Crippen LogP contribution in [0.4, 0.5) is 10.5 Å². The van der Waals surface area contributed by atoms with E-state index in [1.165, 1.54) is 30.0 Å². The van der Waals surface area contributed by atoms with E-state index >= 15 is 0 Å². The average molecular weight is 899 g/mol. The zero-order chi connectivity index (χ0) is 44.9. The molecule has 6 rings (SSSR count). The normalized spacial score (nSPS) is 18.8. The van der Waals surface area contributed by atoms with E-state index in [-0.39, 0.29) is 31.3 Å². The second-order valence-corrected chi connectivity index (χ2v) is 18.1. The average Bonchev–Trinajstić information content (AvgIpc) is 3.54. The molecule has 3 aromatic carbocycles. The number of aliphatic imine (C=N–C) groups is 1. The summed E-state index contributed by atoms with van der Waals surface area (Å²) in [5.41, 5.74) is 1.36. The van der Waals surface area contributed by atoms with Crippen LogP contribution in [0.2, 0.25) is 0 Å². The van der Waals surface area contributed by atoms with Gasteiger partial charge in [0.15, 0.2) is 6.04 Å². The largest absolute Gasteiger partial charge is 0.480 e. The third-order valence-electron chi connectivity index (χ3n) is 10.8. The van der Waals surface area contributed by atoms with Gasteiger partial charge in [0.05, 0.1) is 10.2 Å². The summed E-state index contributed by atoms with van der Waals surface area (Å²) >= 11 is 2.67. The summed E-state index contributed by atoms with van der Waals surface area (Å²) < 4.78 is 6.23. The number of aromatic nitrogens is 1. The molecule has 0 radical (unpaired) electrons. The molecule has 2 unspecified atom stereocenters. The van der Waals surface area contributed by atoms with Crippen molar-refractivity contribution in [2.75, 3.05) is 38.3 Å². The number of hydrogen-bond donors (Lipinski definition) is 6. The van der Waals surface area contributed by atoms with Crippen molar-refractivity contribution in [3.05, 3.63) is 95.0 Å². The van der Waals surface area contributed by atoms with Crippen molar-refractivity contribution in [1.82, 2.24) is 31.2 Å². The van der Waals surface area contributed by atoms with Crippen molar-refractivity contribution in [2.45, 2.75) is 82.1 Å². The number of ether oxygens (including phenoxy) is 1. The van der Waals surface area contributed by atoms with Crippen molar-refractivity contribution < 1.29 is 38.6 Å². The summed E-state index contributed by atoms with van der Waals surface area (Å²) in [5.74, 6) is -2.60. The highest BCUT2D eigenvalue weighted by Crippen LogP contribution is 2.47. The lowest BCUT2D eigenvalue weighted by Crippen LogP contribution is -2.59. The molecule has 6 N–H and O–H groups in total. The molecule has 0 saturated heterocycles. The van der Waals surface area contributed by atoms with Gasteiger partial charge in [-0.3, -0.25) is 24.2 Å². The van der Waals surface area contributed by atoms with Gasteiger partial charge < -0.3 is 41.3 Å². The zero-order valence-corrected chi connectivity index (χ0v) is 37.2. The number of carboxylic acids is 1. The molecule has 2 heterocycles. The third kappa shape index (κ3) is 13.3. The predicted molar refractivity (Wildman–Crippen MR) is 244 cm³/mol. The number of carboxylic acid groups (broad SMARTS) is 1. The molecule has 4 aromatic rings. The number of nitrogens with one attached hydrogen (secondary N) is 5. The van der Waals surface area contributed by atoms with Crippen molar-refractivity contribution >= 4 is 79.7 Å². The SMILES string of the molecule is CC(=O)NCCCC[C@H](NC(=O)C1(NC(=O)[C@H](Cc2ccccc2)NC(=O)OCc2ccccc2)CC1CCCN(C)C)C(=O)Nc1ccc2nc(C3=N[C@@H](C(=O)O)CS3)sc2c1. The molecule has 2 aliphatic rings. The monoisotopic (exact) mass is 898 g/mol. The van der Waals surface area contributed by atoms with Crippen LogP contribution < -0.4 is 26.6 Å². The lowest BCUT2D eigenvalue weighted by Gasteiger charge is -2.26. The highest BCUT2D eigenvalue weighted by Gasteiger charge is 2.61. The number of alkyl carbamates (subject to hydrolysis) is 1. The molecule has 0 bridgehead atoms. The molecule has 16 nitrogen and oxygen atoms in total. The topological polar surface area (TPSA) is 221 Å². The van der Waals surface area contributed by atoms with Crippen LogP contribution in [0.5, 0.6) is 0 Å². The Labute approximate surface area is 374 Å². The number of fused-ring (bicyclic) bond motifs is 1. The molecule has 5 amide bonds. The van der Waals surface area contributed by atoms with Crippen molar-refractivity contribution in [1.29, 1.82) is 0 Å². The number of amides is 5. The van der Waals surface area contributed by atoms with Gasteiger partial charge in [0.2, 0.25) is 23.6 Å². The van der Waals surface area contributed by atoms with Gasteiger partial charge in [-0.05, 0) is 94.4 Å². The van der Waals surface area contributed by atoms with Crippen molar-refractivity contribution in [2.24, 2.45) is 10.9 Å². The number of hydrogen-bond acceptors (Lipinski definition) is 12. The Morgan fingerprint density at radius 1 is 0.905 bits per heavy atom. The summed E-state index contributed by atoms with van der Waals surface area (Å²) in [5, 5.41) is 25.0. The minimum absolute atomic E-state index is 0.00388. The third-order valence-corrected chi connectivity index (χ3v) is 13.0. The number of unbranched alkanes of at least 4 members (excludes halogenated alkanes) is 1. The number of thiazole rings is 1. The first-order valence-electron chi connectivity index (χ1n) is 21.0. The molecule has 1 aliphatic carbocycles. The van der Waals surface area contributed by atoms with Gasteiger partial charge in [0.1, 0.15) is 34.3 Å². The molecule has 1 fully saturated rings. The van der Waals surface area contributed by atoms with Gasteiger partial charge in [-0.15, -0.1) is 23.1 Å². The number of anilines is 1. The van der Waals surface area contributed by atoms with Crippen LogP contribution in [0.1, 0.15) is 61.6 Å². The first kappa shape index (κ1) is 46.6. The lowest BCUT2D eigenvalue weighted by atomic mass is 10.0. The minimum Gasteiger partial charge on any atom is -0.480 e. The fourth-order valence-corrected chi connectivity index (χ4v) is 9.43. The number of carbonyl (C=O) groups is 6. The van der Waals surface area contributed by atoms with E-state index in [2.05, 4.69) is 36.6 Å². The molecule has 1 aliphatic heterocycles. The zero-order valence-electron chi connectivity index (χ0n) is 35.6. The maximum atomic E-state index is 14.6. The molecule has 0 spiro atoms. The summed E-state index contributed by atoms with van der Waals surface area (Å²) in [7, 11) is 3.93. The highest BCUT2D eigenvalue weighted by molar-refractivity contribution is 8.15. The van der Waals surface area contributed by atoms with Crippen molar-refractivity contribution in [3.63, 3.8) is 0 Å². The Morgan fingerprint density at radius 2 is 1.63 bits per heavy atom. The molecular formula is C45H54N8O8S2. The van der Waals surface area contributed by atoms with Crippen LogP contribution in [-0.4, -0.2) is 112 Å². The van der Waals surface area contributed by atoms with E-state index < -0.39 is 53.4 Å². The van der Waals surface area contributed by atoms with E-state index in [1.54, 1.807) is 18.2 Å². The van der Waals surface area contributed by atoms with Gasteiger partial charge >= 0.3 is 12.1 Å². The first-order chi connectivity index (χ1) is 30.3. The fourth-order valence-electron chi connectivity index (χ4n) is 7.33. The highest BCUT2D eigenvalue weighted by atomic mass is 32.2. The van der Waals surface area contributed by atoms with E-state index in [9.17, 15) is 33.9 Å². The Morgan fingerprint density at radius 3 is 2.32 bits per heavy atom. The van der Waals surface area contributed by atoms with Gasteiger partial charge in [0, 0.05) is 31.3 Å². The van der Waals surface area contributed by atoms with Gasteiger partial charge in [-0.2, -0.15) is 0 Å². The number of benzene rings is 3. The summed E-state index contributed by atoms with van der Waals surface area (Å²) in [6.45, 7) is 2.60. The van der Waals surface area contributed by atoms with Gasteiger partial charge in [0.25, 0.3) is 0 Å². The molecule has 63 heavy (non-hydrogen) atoms. The summed E-state index contributed by atoms with van der Waals surface area (Å²) in [6.07, 6.45) is 2.38. The molecule has 334 valence electrons. The van der Waals surface area contributed by atoms with E-state index in [1.807, 2.05) is 79.7 Å². The number of aliphatic carboxylic acids is 1. The van der Waals surface area contributed by atoms with Crippen LogP contribution in [-0.2, 0) is 41.7 Å². The second kappa shape index (κ2) is 22.0. The minimum atomic E-state index is -1.35. The Kier molecular flexibility index (Phi) is 16.3. The van der Waals surface area contributed by atoms with Crippen molar-refractivity contribution in [3.8, 4) is 0 Å². The molecular weight excluding hydrogens is 845 g/mol. The second-order valence-electron chi connectivity index (χ2n) is 16.1. The fraction of sp³-hybridized carbons (Fsp3) is 0.422. The van der Waals surface area contributed by atoms with Crippen LogP contribution in [0.25, 0.3) is 10.2 Å². The van der Waals surface area contributed by atoms with E-state index in [0.717, 1.165) is 28.8 Å². The maximum Gasteiger partial charge on any atom is 0.408 e. The van der Waals surface area contributed by atoms with Gasteiger partial charge in [-0.25, -0.2) is 14.6 Å². The van der Waals surface area contributed by atoms with Crippen LogP contribution >= 0.6 is 23.1 Å². The summed E-state index contributed by atoms with van der Waals surface area (Å²) in [4.78, 5) is 90.1. The number of rotatable bonds is 22. The van der Waals surface area contributed by atoms with Gasteiger partial charge in [-0.1, -0.05) is 60.7 Å². The molecule has 18 heteroatoms. The lowest BCUT2D eigenvalue weighted by molar-refractivity contribution is -0.137. The predicted octanol–water partition coefficient (Wildman–Crippen LogP) is 4.73. The smallest absolute Gasteiger partial charge is 0.408 e.